The van der Waals surface area contributed by atoms with Gasteiger partial charge in [0.15, 0.2) is 0 Å². The molecule has 2 aromatic carbocycles. The van der Waals surface area contributed by atoms with Gasteiger partial charge in [0.25, 0.3) is 11.5 Å². The number of fused-ring (bicyclic) bond motifs is 1. The van der Waals surface area contributed by atoms with E-state index in [1.165, 1.54) is 35.2 Å². The Bertz CT molecular complexity index is 1080. The van der Waals surface area contributed by atoms with Crippen molar-refractivity contribution in [1.82, 2.24) is 14.9 Å². The minimum Gasteiger partial charge on any atom is -0.334 e. The van der Waals surface area contributed by atoms with Crippen LogP contribution in [-0.4, -0.2) is 27.3 Å². The van der Waals surface area contributed by atoms with E-state index in [-0.39, 0.29) is 23.8 Å². The van der Waals surface area contributed by atoms with Gasteiger partial charge < -0.3 is 9.88 Å². The summed E-state index contributed by atoms with van der Waals surface area (Å²) in [7, 11) is 0. The van der Waals surface area contributed by atoms with Crippen LogP contribution in [0.15, 0.2) is 53.3 Å². The summed E-state index contributed by atoms with van der Waals surface area (Å²) < 4.78 is 27.0. The molecule has 0 fully saturated rings. The first-order valence-corrected chi connectivity index (χ1v) is 8.45. The Hall–Kier alpha value is -3.35. The molecule has 3 aromatic rings. The molecule has 0 radical (unpaired) electrons. The maximum Gasteiger partial charge on any atom is 0.256 e. The Morgan fingerprint density at radius 2 is 1.81 bits per heavy atom. The molecular formula is C20H15F2N3O2. The van der Waals surface area contributed by atoms with Crippen LogP contribution in [-0.2, 0) is 13.0 Å². The Labute approximate surface area is 153 Å². The number of benzene rings is 2. The molecule has 0 aliphatic carbocycles. The molecule has 0 bridgehead atoms. The highest BCUT2D eigenvalue weighted by molar-refractivity contribution is 5.94. The van der Waals surface area contributed by atoms with Crippen molar-refractivity contribution in [3.8, 4) is 11.4 Å². The van der Waals surface area contributed by atoms with E-state index in [4.69, 9.17) is 0 Å². The molecule has 0 spiro atoms. The number of hydrogen-bond donors (Lipinski definition) is 1. The minimum absolute atomic E-state index is 0.103. The molecule has 1 aliphatic rings. The zero-order chi connectivity index (χ0) is 19.0. The minimum atomic E-state index is -0.468. The van der Waals surface area contributed by atoms with Gasteiger partial charge in [-0.2, -0.15) is 0 Å². The highest BCUT2D eigenvalue weighted by Crippen LogP contribution is 2.22. The van der Waals surface area contributed by atoms with E-state index < -0.39 is 17.2 Å². The predicted molar refractivity (Wildman–Crippen MR) is 95.1 cm³/mol. The summed E-state index contributed by atoms with van der Waals surface area (Å²) in [5.74, 6) is -0.991. The van der Waals surface area contributed by atoms with Crippen LogP contribution < -0.4 is 5.56 Å². The van der Waals surface area contributed by atoms with E-state index in [9.17, 15) is 18.4 Å². The molecule has 1 N–H and O–H groups in total. The van der Waals surface area contributed by atoms with Gasteiger partial charge in [-0.05, 0) is 36.4 Å². The molecule has 0 unspecified atom stereocenters. The molecular weight excluding hydrogens is 352 g/mol. The number of hydrogen-bond acceptors (Lipinski definition) is 3. The average Bonchev–Trinajstić information content (AvgIpc) is 2.68. The van der Waals surface area contributed by atoms with Crippen LogP contribution in [0, 0.1) is 11.6 Å². The quantitative estimate of drug-likeness (QED) is 0.757. The second-order valence-electron chi connectivity index (χ2n) is 6.30. The lowest BCUT2D eigenvalue weighted by Crippen LogP contribution is -2.39. The fourth-order valence-electron chi connectivity index (χ4n) is 3.15. The number of aromatic nitrogens is 2. The first-order valence-electron chi connectivity index (χ1n) is 8.45. The van der Waals surface area contributed by atoms with Crippen molar-refractivity contribution in [3.05, 3.63) is 87.3 Å². The number of rotatable bonds is 2. The molecule has 7 heteroatoms. The average molecular weight is 367 g/mol. The number of aromatic amines is 1. The Kier molecular flexibility index (Phi) is 4.27. The van der Waals surface area contributed by atoms with E-state index in [0.29, 0.717) is 29.8 Å². The second kappa shape index (κ2) is 6.75. The molecule has 1 aliphatic heterocycles. The standard InChI is InChI=1S/C20H15F2N3O2/c21-13-7-5-12(6-8-13)20(27)25-10-9-17-15(11-25)19(26)24-18(23-17)14-3-1-2-4-16(14)22/h1-8H,9-11H2,(H,23,24,26). The van der Waals surface area contributed by atoms with Crippen LogP contribution in [0.25, 0.3) is 11.4 Å². The van der Waals surface area contributed by atoms with Gasteiger partial charge in [0, 0.05) is 18.5 Å². The van der Waals surface area contributed by atoms with Crippen LogP contribution in [0.5, 0.6) is 0 Å². The molecule has 1 aromatic heterocycles. The lowest BCUT2D eigenvalue weighted by Gasteiger charge is -2.28. The third kappa shape index (κ3) is 3.23. The smallest absolute Gasteiger partial charge is 0.256 e. The van der Waals surface area contributed by atoms with E-state index in [0.717, 1.165) is 0 Å². The topological polar surface area (TPSA) is 66.1 Å². The Balaban J connectivity index is 1.64. The maximum atomic E-state index is 14.0. The molecule has 1 amide bonds. The number of amides is 1. The molecule has 0 atom stereocenters. The fourth-order valence-corrected chi connectivity index (χ4v) is 3.15. The second-order valence-corrected chi connectivity index (χ2v) is 6.30. The van der Waals surface area contributed by atoms with Gasteiger partial charge in [-0.15, -0.1) is 0 Å². The van der Waals surface area contributed by atoms with Crippen LogP contribution in [0.1, 0.15) is 21.6 Å². The van der Waals surface area contributed by atoms with Gasteiger partial charge in [0.05, 0.1) is 23.4 Å². The number of carbonyl (C=O) groups is 1. The molecule has 2 heterocycles. The summed E-state index contributed by atoms with van der Waals surface area (Å²) in [6.07, 6.45) is 0.383. The first kappa shape index (κ1) is 17.1. The Morgan fingerprint density at radius 1 is 1.07 bits per heavy atom. The predicted octanol–water partition coefficient (Wildman–Crippen LogP) is 2.91. The van der Waals surface area contributed by atoms with Crippen LogP contribution >= 0.6 is 0 Å². The van der Waals surface area contributed by atoms with Crippen molar-refractivity contribution in [2.24, 2.45) is 0 Å². The highest BCUT2D eigenvalue weighted by atomic mass is 19.1. The van der Waals surface area contributed by atoms with Gasteiger partial charge >= 0.3 is 0 Å². The summed E-state index contributed by atoms with van der Waals surface area (Å²) in [6, 6.07) is 11.4. The summed E-state index contributed by atoms with van der Waals surface area (Å²) in [5, 5.41) is 0. The van der Waals surface area contributed by atoms with E-state index in [2.05, 4.69) is 9.97 Å². The molecule has 5 nitrogen and oxygen atoms in total. The first-order chi connectivity index (χ1) is 13.0. The van der Waals surface area contributed by atoms with Gasteiger partial charge in [0.1, 0.15) is 17.5 Å². The number of nitrogens with one attached hydrogen (secondary N) is 1. The third-order valence-corrected chi connectivity index (χ3v) is 4.58. The maximum absolute atomic E-state index is 14.0. The van der Waals surface area contributed by atoms with Crippen molar-refractivity contribution in [2.75, 3.05) is 6.54 Å². The normalized spacial score (nSPS) is 13.3. The highest BCUT2D eigenvalue weighted by Gasteiger charge is 2.25. The van der Waals surface area contributed by atoms with Crippen molar-refractivity contribution < 1.29 is 13.6 Å². The number of halogens is 2. The SMILES string of the molecule is O=C(c1ccc(F)cc1)N1CCc2nc(-c3ccccc3F)[nH]c(=O)c2C1. The van der Waals surface area contributed by atoms with Crippen LogP contribution in [0.3, 0.4) is 0 Å². The summed E-state index contributed by atoms with van der Waals surface area (Å²) >= 11 is 0. The van der Waals surface area contributed by atoms with E-state index >= 15 is 0 Å². The summed E-state index contributed by atoms with van der Waals surface area (Å²) in [6.45, 7) is 0.474. The van der Waals surface area contributed by atoms with Crippen LogP contribution in [0.2, 0.25) is 0 Å². The monoisotopic (exact) mass is 367 g/mol. The molecule has 136 valence electrons. The number of nitrogens with zero attached hydrogens (tertiary/aromatic N) is 2. The van der Waals surface area contributed by atoms with Crippen molar-refractivity contribution in [1.29, 1.82) is 0 Å². The zero-order valence-electron chi connectivity index (χ0n) is 14.2. The van der Waals surface area contributed by atoms with Gasteiger partial charge in [-0.1, -0.05) is 12.1 Å². The van der Waals surface area contributed by atoms with E-state index in [1.54, 1.807) is 18.2 Å². The van der Waals surface area contributed by atoms with Gasteiger partial charge in [-0.3, -0.25) is 9.59 Å². The molecule has 4 rings (SSSR count). The van der Waals surface area contributed by atoms with Crippen molar-refractivity contribution in [2.45, 2.75) is 13.0 Å². The molecule has 27 heavy (non-hydrogen) atoms. The lowest BCUT2D eigenvalue weighted by molar-refractivity contribution is 0.0732. The number of H-pyrrole nitrogens is 1. The van der Waals surface area contributed by atoms with Gasteiger partial charge in [-0.25, -0.2) is 13.8 Å². The largest absolute Gasteiger partial charge is 0.334 e. The summed E-state index contributed by atoms with van der Waals surface area (Å²) in [5.41, 5.74) is 1.13. The lowest BCUT2D eigenvalue weighted by atomic mass is 10.0. The van der Waals surface area contributed by atoms with E-state index in [1.807, 2.05) is 0 Å². The molecule has 0 saturated heterocycles. The molecule has 0 saturated carbocycles. The number of carbonyl (C=O) groups excluding carboxylic acids is 1. The fraction of sp³-hybridized carbons (Fsp3) is 0.150. The van der Waals surface area contributed by atoms with Crippen LogP contribution in [0.4, 0.5) is 8.78 Å². The van der Waals surface area contributed by atoms with Crippen molar-refractivity contribution >= 4 is 5.91 Å². The van der Waals surface area contributed by atoms with Gasteiger partial charge in [0.2, 0.25) is 0 Å². The zero-order valence-corrected chi connectivity index (χ0v) is 14.2. The van der Waals surface area contributed by atoms with Crippen molar-refractivity contribution in [3.63, 3.8) is 0 Å². The Morgan fingerprint density at radius 3 is 2.56 bits per heavy atom. The summed E-state index contributed by atoms with van der Waals surface area (Å²) in [4.78, 5) is 33.6. The third-order valence-electron chi connectivity index (χ3n) is 4.58.